The summed E-state index contributed by atoms with van der Waals surface area (Å²) in [6, 6.07) is 0. The summed E-state index contributed by atoms with van der Waals surface area (Å²) in [7, 11) is 0. The summed E-state index contributed by atoms with van der Waals surface area (Å²) in [6.07, 6.45) is 5.03. The average molecular weight is 236 g/mol. The first-order chi connectivity index (χ1) is 7.72. The molecule has 2 aromatic rings. The summed E-state index contributed by atoms with van der Waals surface area (Å²) >= 11 is 4.97. The van der Waals surface area contributed by atoms with E-state index in [1.54, 1.807) is 12.4 Å². The second kappa shape index (κ2) is 4.40. The predicted octanol–water partition coefficient (Wildman–Crippen LogP) is 1.35. The Balaban J connectivity index is 2.27. The van der Waals surface area contributed by atoms with E-state index in [0.717, 1.165) is 17.8 Å². The van der Waals surface area contributed by atoms with E-state index in [2.05, 4.69) is 20.4 Å². The van der Waals surface area contributed by atoms with Gasteiger partial charge in [0.05, 0.1) is 12.4 Å². The fourth-order valence-electron chi connectivity index (χ4n) is 1.36. The number of aromatic amines is 1. The minimum Gasteiger partial charge on any atom is -0.269 e. The lowest BCUT2D eigenvalue weighted by Gasteiger charge is -1.98. The predicted molar refractivity (Wildman–Crippen MR) is 63.0 cm³/mol. The van der Waals surface area contributed by atoms with Crippen molar-refractivity contribution in [2.24, 2.45) is 5.10 Å². The molecule has 7 heteroatoms. The molecule has 1 N–H and O–H groups in total. The molecule has 0 amide bonds. The monoisotopic (exact) mass is 236 g/mol. The largest absolute Gasteiger partial charge is 0.269 e. The van der Waals surface area contributed by atoms with Gasteiger partial charge in [0.2, 0.25) is 4.77 Å². The summed E-state index contributed by atoms with van der Waals surface area (Å²) in [5.74, 6) is 0. The quantitative estimate of drug-likeness (QED) is 0.646. The van der Waals surface area contributed by atoms with Gasteiger partial charge in [-0.25, -0.2) is 0 Å². The van der Waals surface area contributed by atoms with Crippen LogP contribution in [0.15, 0.2) is 17.6 Å². The van der Waals surface area contributed by atoms with E-state index < -0.39 is 0 Å². The van der Waals surface area contributed by atoms with Gasteiger partial charge in [-0.1, -0.05) is 0 Å². The number of hydrogen-bond acceptors (Lipinski definition) is 4. The molecule has 0 aliphatic heterocycles. The Morgan fingerprint density at radius 1 is 1.62 bits per heavy atom. The normalized spacial score (nSPS) is 11.4. The van der Waals surface area contributed by atoms with Gasteiger partial charge in [-0.2, -0.15) is 20.0 Å². The topological polar surface area (TPSA) is 63.8 Å². The summed E-state index contributed by atoms with van der Waals surface area (Å²) in [4.78, 5) is 0. The van der Waals surface area contributed by atoms with Crippen molar-refractivity contribution in [3.8, 4) is 0 Å². The van der Waals surface area contributed by atoms with Gasteiger partial charge < -0.3 is 0 Å². The second-order valence-electron chi connectivity index (χ2n) is 3.25. The van der Waals surface area contributed by atoms with Crippen molar-refractivity contribution in [2.75, 3.05) is 0 Å². The van der Waals surface area contributed by atoms with Crippen molar-refractivity contribution >= 4 is 18.4 Å². The van der Waals surface area contributed by atoms with Crippen molar-refractivity contribution in [2.45, 2.75) is 20.4 Å². The molecule has 0 bridgehead atoms. The van der Waals surface area contributed by atoms with Crippen molar-refractivity contribution < 1.29 is 0 Å². The van der Waals surface area contributed by atoms with Gasteiger partial charge >= 0.3 is 0 Å². The van der Waals surface area contributed by atoms with Crippen LogP contribution in [0.5, 0.6) is 0 Å². The smallest absolute Gasteiger partial charge is 0.216 e. The van der Waals surface area contributed by atoms with Gasteiger partial charge in [0.15, 0.2) is 0 Å². The van der Waals surface area contributed by atoms with Crippen LogP contribution < -0.4 is 0 Å². The van der Waals surface area contributed by atoms with Gasteiger partial charge in [-0.15, -0.1) is 0 Å². The molecule has 0 unspecified atom stereocenters. The number of rotatable bonds is 3. The third-order valence-electron chi connectivity index (χ3n) is 2.30. The van der Waals surface area contributed by atoms with Crippen LogP contribution in [0, 0.1) is 11.7 Å². The van der Waals surface area contributed by atoms with E-state index in [-0.39, 0.29) is 0 Å². The Morgan fingerprint density at radius 3 is 3.00 bits per heavy atom. The molecule has 0 saturated heterocycles. The maximum atomic E-state index is 4.97. The van der Waals surface area contributed by atoms with Gasteiger partial charge in [-0.05, 0) is 26.1 Å². The van der Waals surface area contributed by atoms with E-state index in [4.69, 9.17) is 12.2 Å². The first-order valence-corrected chi connectivity index (χ1v) is 5.32. The standard InChI is InChI=1S/C9H12N6S/c1-3-14-7(2)8(4-11-14)5-12-15-6-10-13-9(15)16/h4-6H,3H2,1-2H3,(H,13,16). The highest BCUT2D eigenvalue weighted by atomic mass is 32.1. The molecule has 84 valence electrons. The number of aromatic nitrogens is 5. The van der Waals surface area contributed by atoms with Gasteiger partial charge in [-0.3, -0.25) is 9.78 Å². The molecular formula is C9H12N6S. The van der Waals surface area contributed by atoms with Crippen molar-refractivity contribution in [3.05, 3.63) is 28.6 Å². The maximum absolute atomic E-state index is 4.97. The fourth-order valence-corrected chi connectivity index (χ4v) is 1.50. The minimum atomic E-state index is 0.469. The summed E-state index contributed by atoms with van der Waals surface area (Å²) in [5, 5.41) is 14.8. The van der Waals surface area contributed by atoms with Crippen LogP contribution >= 0.6 is 12.2 Å². The summed E-state index contributed by atoms with van der Waals surface area (Å²) in [6.45, 7) is 4.91. The van der Waals surface area contributed by atoms with Crippen molar-refractivity contribution in [1.82, 2.24) is 24.7 Å². The van der Waals surface area contributed by atoms with Crippen LogP contribution in [-0.2, 0) is 6.54 Å². The zero-order chi connectivity index (χ0) is 11.5. The summed E-state index contributed by atoms with van der Waals surface area (Å²) < 4.78 is 3.88. The number of aryl methyl sites for hydroxylation is 1. The van der Waals surface area contributed by atoms with Gasteiger partial charge in [0, 0.05) is 17.8 Å². The zero-order valence-electron chi connectivity index (χ0n) is 9.08. The Kier molecular flexibility index (Phi) is 2.95. The molecule has 2 rings (SSSR count). The molecular weight excluding hydrogens is 224 g/mol. The molecule has 0 aliphatic carbocycles. The van der Waals surface area contributed by atoms with Crippen LogP contribution in [-0.4, -0.2) is 30.9 Å². The zero-order valence-corrected chi connectivity index (χ0v) is 9.90. The van der Waals surface area contributed by atoms with Crippen molar-refractivity contribution in [3.63, 3.8) is 0 Å². The van der Waals surface area contributed by atoms with Gasteiger partial charge in [0.1, 0.15) is 6.33 Å². The Bertz CT molecular complexity index is 561. The van der Waals surface area contributed by atoms with Crippen LogP contribution in [0.3, 0.4) is 0 Å². The first-order valence-electron chi connectivity index (χ1n) is 4.91. The first kappa shape index (κ1) is 10.7. The number of nitrogens with one attached hydrogen (secondary N) is 1. The molecule has 0 saturated carbocycles. The number of hydrogen-bond donors (Lipinski definition) is 1. The fraction of sp³-hybridized carbons (Fsp3) is 0.333. The van der Waals surface area contributed by atoms with Gasteiger partial charge in [0.25, 0.3) is 0 Å². The van der Waals surface area contributed by atoms with Crippen molar-refractivity contribution in [1.29, 1.82) is 0 Å². The molecule has 0 radical (unpaired) electrons. The SMILES string of the molecule is CCn1ncc(C=Nn2cn[nH]c2=S)c1C. The maximum Gasteiger partial charge on any atom is 0.216 e. The Labute approximate surface area is 97.6 Å². The highest BCUT2D eigenvalue weighted by Gasteiger charge is 2.01. The van der Waals surface area contributed by atoms with E-state index in [0.29, 0.717) is 4.77 Å². The second-order valence-corrected chi connectivity index (χ2v) is 3.64. The molecule has 0 aliphatic rings. The molecule has 0 atom stereocenters. The lowest BCUT2D eigenvalue weighted by Crippen LogP contribution is -1.99. The lowest BCUT2D eigenvalue weighted by molar-refractivity contribution is 0.639. The van der Waals surface area contributed by atoms with Crippen LogP contribution in [0.2, 0.25) is 0 Å². The molecule has 0 fully saturated rings. The Morgan fingerprint density at radius 2 is 2.44 bits per heavy atom. The van der Waals surface area contributed by atoms with Crippen LogP contribution in [0.4, 0.5) is 0 Å². The molecule has 16 heavy (non-hydrogen) atoms. The third kappa shape index (κ3) is 1.94. The summed E-state index contributed by atoms with van der Waals surface area (Å²) in [5.41, 5.74) is 2.06. The molecule has 0 spiro atoms. The van der Waals surface area contributed by atoms with Crippen LogP contribution in [0.25, 0.3) is 0 Å². The van der Waals surface area contributed by atoms with E-state index >= 15 is 0 Å². The Hall–Kier alpha value is -1.76. The minimum absolute atomic E-state index is 0.469. The lowest BCUT2D eigenvalue weighted by atomic mass is 10.3. The molecule has 2 aromatic heterocycles. The molecule has 0 aromatic carbocycles. The van der Waals surface area contributed by atoms with E-state index in [9.17, 15) is 0 Å². The third-order valence-corrected chi connectivity index (χ3v) is 2.58. The number of H-pyrrole nitrogens is 1. The highest BCUT2D eigenvalue weighted by Crippen LogP contribution is 2.04. The molecule has 2 heterocycles. The molecule has 6 nitrogen and oxygen atoms in total. The average Bonchev–Trinajstić information content (AvgIpc) is 2.83. The van der Waals surface area contributed by atoms with Crippen LogP contribution in [0.1, 0.15) is 18.2 Å². The number of nitrogens with zero attached hydrogens (tertiary/aromatic N) is 5. The highest BCUT2D eigenvalue weighted by molar-refractivity contribution is 7.71. The van der Waals surface area contributed by atoms with E-state index in [1.165, 1.54) is 11.0 Å². The van der Waals surface area contributed by atoms with E-state index in [1.807, 2.05) is 18.5 Å².